The van der Waals surface area contributed by atoms with Crippen LogP contribution in [0.1, 0.15) is 41.9 Å². The molecular weight excluding hydrogens is 268 g/mol. The molecule has 21 heavy (non-hydrogen) atoms. The number of carbonyl (C=O) groups excluding carboxylic acids is 1. The molecule has 0 N–H and O–H groups in total. The second-order valence-corrected chi connectivity index (χ2v) is 4.61. The van der Waals surface area contributed by atoms with Gasteiger partial charge >= 0.3 is 5.97 Å². The minimum atomic E-state index is -0.391. The first-order valence-corrected chi connectivity index (χ1v) is 6.97. The molecule has 6 nitrogen and oxygen atoms in total. The van der Waals surface area contributed by atoms with Crippen LogP contribution in [-0.4, -0.2) is 32.5 Å². The third-order valence-electron chi connectivity index (χ3n) is 2.83. The second kappa shape index (κ2) is 6.88. The molecule has 0 unspecified atom stereocenters. The number of carbonyl (C=O) groups is 1. The van der Waals surface area contributed by atoms with Crippen molar-refractivity contribution in [3.05, 3.63) is 35.4 Å². The van der Waals surface area contributed by atoms with Gasteiger partial charge in [-0.25, -0.2) is 24.7 Å². The molecule has 2 rings (SSSR count). The summed E-state index contributed by atoms with van der Waals surface area (Å²) in [5.74, 6) is 0.484. The molecule has 0 atom stereocenters. The maximum absolute atomic E-state index is 11.9. The lowest BCUT2D eigenvalue weighted by molar-refractivity contribution is 0.0524. The molecule has 0 aliphatic carbocycles. The molecule has 2 aromatic heterocycles. The third kappa shape index (κ3) is 3.59. The summed E-state index contributed by atoms with van der Waals surface area (Å²) in [7, 11) is 0. The first-order valence-electron chi connectivity index (χ1n) is 6.97. The van der Waals surface area contributed by atoms with Crippen LogP contribution in [0.4, 0.5) is 0 Å². The van der Waals surface area contributed by atoms with Gasteiger partial charge in [-0.1, -0.05) is 13.3 Å². The van der Waals surface area contributed by atoms with Crippen LogP contribution in [0.25, 0.3) is 11.6 Å². The second-order valence-electron chi connectivity index (χ2n) is 4.61. The van der Waals surface area contributed by atoms with E-state index in [1.54, 1.807) is 19.3 Å². The summed E-state index contributed by atoms with van der Waals surface area (Å²) in [5.41, 5.74) is 2.05. The van der Waals surface area contributed by atoms with Gasteiger partial charge in [0, 0.05) is 18.6 Å². The summed E-state index contributed by atoms with van der Waals surface area (Å²) in [6, 6.07) is 0. The Kier molecular flexibility index (Phi) is 4.92. The molecule has 0 saturated carbocycles. The number of aryl methyl sites for hydroxylation is 2. The van der Waals surface area contributed by atoms with Crippen LogP contribution in [0.15, 0.2) is 18.6 Å². The SMILES string of the molecule is CCCc1nc(-c2ncc(C)cn2)ncc1C(=O)OCC. The van der Waals surface area contributed by atoms with E-state index in [4.69, 9.17) is 4.74 Å². The van der Waals surface area contributed by atoms with Gasteiger partial charge in [0.25, 0.3) is 0 Å². The van der Waals surface area contributed by atoms with Crippen molar-refractivity contribution in [1.29, 1.82) is 0 Å². The Morgan fingerprint density at radius 1 is 1.10 bits per heavy atom. The van der Waals surface area contributed by atoms with Gasteiger partial charge in [-0.3, -0.25) is 0 Å². The van der Waals surface area contributed by atoms with Crippen LogP contribution in [0.5, 0.6) is 0 Å². The van der Waals surface area contributed by atoms with Crippen molar-refractivity contribution in [1.82, 2.24) is 19.9 Å². The summed E-state index contributed by atoms with van der Waals surface area (Å²) in [4.78, 5) is 28.9. The summed E-state index contributed by atoms with van der Waals surface area (Å²) in [5, 5.41) is 0. The Labute approximate surface area is 123 Å². The molecular formula is C15H18N4O2. The van der Waals surface area contributed by atoms with Crippen molar-refractivity contribution >= 4 is 5.97 Å². The highest BCUT2D eigenvalue weighted by Gasteiger charge is 2.16. The van der Waals surface area contributed by atoms with Crippen molar-refractivity contribution in [2.75, 3.05) is 6.61 Å². The van der Waals surface area contributed by atoms with Crippen molar-refractivity contribution in [2.45, 2.75) is 33.6 Å². The summed E-state index contributed by atoms with van der Waals surface area (Å²) < 4.78 is 5.03. The van der Waals surface area contributed by atoms with Crippen LogP contribution in [0, 0.1) is 6.92 Å². The third-order valence-corrected chi connectivity index (χ3v) is 2.83. The lowest BCUT2D eigenvalue weighted by atomic mass is 10.1. The first-order chi connectivity index (χ1) is 10.2. The van der Waals surface area contributed by atoms with Crippen LogP contribution in [0.3, 0.4) is 0 Å². The van der Waals surface area contributed by atoms with Crippen molar-refractivity contribution in [2.24, 2.45) is 0 Å². The van der Waals surface area contributed by atoms with Gasteiger partial charge < -0.3 is 4.74 Å². The van der Waals surface area contributed by atoms with E-state index in [0.29, 0.717) is 35.9 Å². The summed E-state index contributed by atoms with van der Waals surface area (Å²) in [6.07, 6.45) is 6.47. The van der Waals surface area contributed by atoms with Gasteiger partial charge in [-0.15, -0.1) is 0 Å². The number of esters is 1. The predicted octanol–water partition coefficient (Wildman–Crippen LogP) is 2.37. The van der Waals surface area contributed by atoms with Crippen molar-refractivity contribution in [3.63, 3.8) is 0 Å². The molecule has 0 radical (unpaired) electrons. The number of hydrogen-bond acceptors (Lipinski definition) is 6. The zero-order valence-corrected chi connectivity index (χ0v) is 12.5. The van der Waals surface area contributed by atoms with E-state index in [9.17, 15) is 4.79 Å². The largest absolute Gasteiger partial charge is 0.462 e. The van der Waals surface area contributed by atoms with E-state index in [2.05, 4.69) is 19.9 Å². The van der Waals surface area contributed by atoms with Gasteiger partial charge in [0.05, 0.1) is 17.9 Å². The molecule has 110 valence electrons. The molecule has 6 heteroatoms. The van der Waals surface area contributed by atoms with Crippen LogP contribution < -0.4 is 0 Å². The minimum absolute atomic E-state index is 0.327. The summed E-state index contributed by atoms with van der Waals surface area (Å²) >= 11 is 0. The van der Waals surface area contributed by atoms with E-state index in [1.807, 2.05) is 13.8 Å². The van der Waals surface area contributed by atoms with Crippen molar-refractivity contribution in [3.8, 4) is 11.6 Å². The molecule has 2 aromatic rings. The molecule has 0 aliphatic rings. The molecule has 0 spiro atoms. The topological polar surface area (TPSA) is 77.9 Å². The average Bonchev–Trinajstić information content (AvgIpc) is 2.48. The molecule has 0 aliphatic heterocycles. The maximum atomic E-state index is 11.9. The maximum Gasteiger partial charge on any atom is 0.341 e. The Morgan fingerprint density at radius 2 is 1.76 bits per heavy atom. The van der Waals surface area contributed by atoms with Crippen LogP contribution >= 0.6 is 0 Å². The fraction of sp³-hybridized carbons (Fsp3) is 0.400. The fourth-order valence-corrected chi connectivity index (χ4v) is 1.84. The Balaban J connectivity index is 2.39. The van der Waals surface area contributed by atoms with Gasteiger partial charge in [-0.2, -0.15) is 0 Å². The normalized spacial score (nSPS) is 10.4. The van der Waals surface area contributed by atoms with E-state index >= 15 is 0 Å². The van der Waals surface area contributed by atoms with E-state index in [1.165, 1.54) is 6.20 Å². The number of ether oxygens (including phenoxy) is 1. The van der Waals surface area contributed by atoms with Crippen molar-refractivity contribution < 1.29 is 9.53 Å². The number of nitrogens with zero attached hydrogens (tertiary/aromatic N) is 4. The fourth-order valence-electron chi connectivity index (χ4n) is 1.84. The monoisotopic (exact) mass is 286 g/mol. The molecule has 0 aromatic carbocycles. The number of hydrogen-bond donors (Lipinski definition) is 0. The van der Waals surface area contributed by atoms with Crippen LogP contribution in [-0.2, 0) is 11.2 Å². The van der Waals surface area contributed by atoms with Gasteiger partial charge in [0.2, 0.25) is 0 Å². The van der Waals surface area contributed by atoms with E-state index in [-0.39, 0.29) is 0 Å². The van der Waals surface area contributed by atoms with Gasteiger partial charge in [0.1, 0.15) is 0 Å². The Morgan fingerprint density at radius 3 is 2.38 bits per heavy atom. The number of rotatable bonds is 5. The predicted molar refractivity (Wildman–Crippen MR) is 77.7 cm³/mol. The Bertz CT molecular complexity index is 626. The first kappa shape index (κ1) is 15.0. The minimum Gasteiger partial charge on any atom is -0.462 e. The van der Waals surface area contributed by atoms with E-state index in [0.717, 1.165) is 12.0 Å². The lowest BCUT2D eigenvalue weighted by Gasteiger charge is -2.08. The highest BCUT2D eigenvalue weighted by atomic mass is 16.5. The Hall–Kier alpha value is -2.37. The highest BCUT2D eigenvalue weighted by Crippen LogP contribution is 2.15. The van der Waals surface area contributed by atoms with E-state index < -0.39 is 5.97 Å². The summed E-state index contributed by atoms with van der Waals surface area (Å²) in [6.45, 7) is 6.04. The quantitative estimate of drug-likeness (QED) is 0.785. The number of aromatic nitrogens is 4. The zero-order chi connectivity index (χ0) is 15.2. The van der Waals surface area contributed by atoms with Crippen LogP contribution in [0.2, 0.25) is 0 Å². The average molecular weight is 286 g/mol. The van der Waals surface area contributed by atoms with Gasteiger partial charge in [0.15, 0.2) is 11.6 Å². The highest BCUT2D eigenvalue weighted by molar-refractivity contribution is 5.90. The molecule has 0 amide bonds. The molecule has 0 fully saturated rings. The smallest absolute Gasteiger partial charge is 0.341 e. The molecule has 0 saturated heterocycles. The standard InChI is InChI=1S/C15H18N4O2/c1-4-6-12-11(15(20)21-5-2)9-18-14(19-12)13-16-7-10(3)8-17-13/h7-9H,4-6H2,1-3H3. The molecule has 0 bridgehead atoms. The van der Waals surface area contributed by atoms with Gasteiger partial charge in [-0.05, 0) is 25.8 Å². The molecule has 2 heterocycles. The zero-order valence-electron chi connectivity index (χ0n) is 12.5. The lowest BCUT2D eigenvalue weighted by Crippen LogP contribution is -2.12.